The smallest absolute Gasteiger partial charge is 0.317 e. The van der Waals surface area contributed by atoms with Gasteiger partial charge in [0.25, 0.3) is 0 Å². The number of pyridine rings is 1. The van der Waals surface area contributed by atoms with Crippen LogP contribution in [0, 0.1) is 12.7 Å². The molecule has 3 aromatic rings. The quantitative estimate of drug-likeness (QED) is 0.702. The van der Waals surface area contributed by atoms with Gasteiger partial charge in [0.05, 0.1) is 7.11 Å². The first-order chi connectivity index (χ1) is 14.0. The fourth-order valence-corrected chi connectivity index (χ4v) is 3.95. The van der Waals surface area contributed by atoms with E-state index in [-0.39, 0.29) is 11.8 Å². The van der Waals surface area contributed by atoms with E-state index in [1.165, 1.54) is 12.1 Å². The lowest BCUT2D eigenvalue weighted by Gasteiger charge is -2.26. The van der Waals surface area contributed by atoms with Gasteiger partial charge in [0.15, 0.2) is 0 Å². The number of carbonyl (C=O) groups excluding carboxylic acids is 1. The molecule has 0 saturated carbocycles. The zero-order chi connectivity index (χ0) is 20.5. The van der Waals surface area contributed by atoms with Crippen LogP contribution in [0.25, 0.3) is 27.7 Å². The number of amides is 2. The number of aromatic nitrogens is 2. The summed E-state index contributed by atoms with van der Waals surface area (Å²) in [5, 5.41) is 3.61. The monoisotopic (exact) mass is 394 g/mol. The van der Waals surface area contributed by atoms with Crippen LogP contribution in [-0.2, 0) is 0 Å². The van der Waals surface area contributed by atoms with Crippen LogP contribution in [-0.4, -0.2) is 48.1 Å². The van der Waals surface area contributed by atoms with Crippen LogP contribution in [0.2, 0.25) is 0 Å². The molecule has 0 bridgehead atoms. The summed E-state index contributed by atoms with van der Waals surface area (Å²) >= 11 is 0. The molecule has 3 heterocycles. The van der Waals surface area contributed by atoms with Gasteiger partial charge in [0.1, 0.15) is 17.2 Å². The maximum Gasteiger partial charge on any atom is 0.317 e. The highest BCUT2D eigenvalue weighted by Gasteiger charge is 2.22. The summed E-state index contributed by atoms with van der Waals surface area (Å²) < 4.78 is 19.4. The van der Waals surface area contributed by atoms with Crippen molar-refractivity contribution >= 4 is 22.6 Å². The number of urea groups is 1. The third-order valence-corrected chi connectivity index (χ3v) is 5.43. The SMILES string of the molecule is CNC(=O)N1CC=C(c2[nH]c3nccc(-c4cc(F)ccc4OC)c3c2C)CC1. The Morgan fingerprint density at radius 1 is 1.31 bits per heavy atom. The number of H-pyrrole nitrogens is 1. The summed E-state index contributed by atoms with van der Waals surface area (Å²) in [6.07, 6.45) is 4.53. The Morgan fingerprint density at radius 2 is 2.14 bits per heavy atom. The Hall–Kier alpha value is -3.35. The number of aryl methyl sites for hydroxylation is 1. The van der Waals surface area contributed by atoms with E-state index in [1.54, 1.807) is 31.3 Å². The molecule has 0 radical (unpaired) electrons. The van der Waals surface area contributed by atoms with E-state index >= 15 is 0 Å². The number of nitrogens with zero attached hydrogens (tertiary/aromatic N) is 2. The first-order valence-electron chi connectivity index (χ1n) is 9.50. The molecule has 150 valence electrons. The number of carbonyl (C=O) groups is 1. The molecule has 0 spiro atoms. The fraction of sp³-hybridized carbons (Fsp3) is 0.273. The number of nitrogens with one attached hydrogen (secondary N) is 2. The molecule has 0 fully saturated rings. The molecule has 2 amide bonds. The van der Waals surface area contributed by atoms with Crippen LogP contribution in [0.5, 0.6) is 5.75 Å². The van der Waals surface area contributed by atoms with Crippen molar-refractivity contribution in [3.05, 3.63) is 53.6 Å². The molecule has 0 atom stereocenters. The average molecular weight is 394 g/mol. The Morgan fingerprint density at radius 3 is 2.83 bits per heavy atom. The van der Waals surface area contributed by atoms with Crippen LogP contribution in [0.15, 0.2) is 36.5 Å². The van der Waals surface area contributed by atoms with Crippen LogP contribution >= 0.6 is 0 Å². The predicted octanol–water partition coefficient (Wildman–Crippen LogP) is 4.11. The van der Waals surface area contributed by atoms with Gasteiger partial charge >= 0.3 is 6.03 Å². The summed E-state index contributed by atoms with van der Waals surface area (Å²) in [6.45, 7) is 3.25. The van der Waals surface area contributed by atoms with Gasteiger partial charge in [-0.1, -0.05) is 6.08 Å². The molecule has 1 aliphatic heterocycles. The topological polar surface area (TPSA) is 70.2 Å². The molecule has 2 aromatic heterocycles. The van der Waals surface area contributed by atoms with Crippen molar-refractivity contribution < 1.29 is 13.9 Å². The lowest BCUT2D eigenvalue weighted by molar-refractivity contribution is 0.205. The lowest BCUT2D eigenvalue weighted by atomic mass is 9.97. The molecular formula is C22H23FN4O2. The third kappa shape index (κ3) is 3.33. The van der Waals surface area contributed by atoms with E-state index < -0.39 is 0 Å². The number of methoxy groups -OCH3 is 1. The number of hydrogen-bond acceptors (Lipinski definition) is 3. The molecule has 7 heteroatoms. The molecule has 1 aromatic carbocycles. The molecule has 4 rings (SSSR count). The fourth-order valence-electron chi connectivity index (χ4n) is 3.95. The highest BCUT2D eigenvalue weighted by atomic mass is 19.1. The minimum atomic E-state index is -0.316. The highest BCUT2D eigenvalue weighted by molar-refractivity contribution is 5.99. The highest BCUT2D eigenvalue weighted by Crippen LogP contribution is 2.39. The summed E-state index contributed by atoms with van der Waals surface area (Å²) in [6, 6.07) is 6.32. The zero-order valence-corrected chi connectivity index (χ0v) is 16.7. The number of halogens is 1. The van der Waals surface area contributed by atoms with Crippen LogP contribution < -0.4 is 10.1 Å². The number of ether oxygens (including phenoxy) is 1. The lowest BCUT2D eigenvalue weighted by Crippen LogP contribution is -2.40. The van der Waals surface area contributed by atoms with Crippen molar-refractivity contribution in [2.24, 2.45) is 0 Å². The number of hydrogen-bond donors (Lipinski definition) is 2. The predicted molar refractivity (Wildman–Crippen MR) is 111 cm³/mol. The molecule has 29 heavy (non-hydrogen) atoms. The van der Waals surface area contributed by atoms with Gasteiger partial charge in [-0.3, -0.25) is 0 Å². The van der Waals surface area contributed by atoms with E-state index in [1.807, 2.05) is 13.0 Å². The number of rotatable bonds is 3. The van der Waals surface area contributed by atoms with E-state index in [0.717, 1.165) is 39.8 Å². The number of fused-ring (bicyclic) bond motifs is 1. The van der Waals surface area contributed by atoms with Gasteiger partial charge in [-0.2, -0.15) is 0 Å². The first-order valence-corrected chi connectivity index (χ1v) is 9.50. The van der Waals surface area contributed by atoms with Crippen molar-refractivity contribution in [2.45, 2.75) is 13.3 Å². The van der Waals surface area contributed by atoms with Crippen molar-refractivity contribution in [1.82, 2.24) is 20.2 Å². The first kappa shape index (κ1) is 19.0. The van der Waals surface area contributed by atoms with Crippen molar-refractivity contribution in [3.8, 4) is 16.9 Å². The standard InChI is InChI=1S/C22H23FN4O2/c1-13-19-16(17-12-15(23)4-5-18(17)29-3)6-9-25-21(19)26-20(13)14-7-10-27(11-8-14)22(28)24-2/h4-7,9,12H,8,10-11H2,1-3H3,(H,24,28)(H,25,26). The normalized spacial score (nSPS) is 14.1. The maximum absolute atomic E-state index is 14.0. The number of benzene rings is 1. The van der Waals surface area contributed by atoms with Gasteiger partial charge < -0.3 is 19.9 Å². The van der Waals surface area contributed by atoms with Gasteiger partial charge in [-0.15, -0.1) is 0 Å². The second-order valence-corrected chi connectivity index (χ2v) is 7.03. The van der Waals surface area contributed by atoms with Gasteiger partial charge in [-0.05, 0) is 54.3 Å². The Bertz CT molecular complexity index is 1120. The zero-order valence-electron chi connectivity index (χ0n) is 16.7. The molecule has 1 aliphatic rings. The maximum atomic E-state index is 14.0. The van der Waals surface area contributed by atoms with E-state index in [0.29, 0.717) is 24.4 Å². The largest absolute Gasteiger partial charge is 0.496 e. The van der Waals surface area contributed by atoms with Crippen molar-refractivity contribution in [2.75, 3.05) is 27.2 Å². The summed E-state index contributed by atoms with van der Waals surface area (Å²) in [5.74, 6) is 0.294. The van der Waals surface area contributed by atoms with E-state index in [4.69, 9.17) is 4.74 Å². The molecule has 2 N–H and O–H groups in total. The second-order valence-electron chi connectivity index (χ2n) is 7.03. The minimum Gasteiger partial charge on any atom is -0.496 e. The Kier molecular flexibility index (Phi) is 4.96. The van der Waals surface area contributed by atoms with Gasteiger partial charge in [0, 0.05) is 43.0 Å². The molecular weight excluding hydrogens is 371 g/mol. The van der Waals surface area contributed by atoms with Crippen LogP contribution in [0.1, 0.15) is 17.7 Å². The van der Waals surface area contributed by atoms with Crippen LogP contribution in [0.4, 0.5) is 9.18 Å². The number of aromatic amines is 1. The van der Waals surface area contributed by atoms with E-state index in [9.17, 15) is 9.18 Å². The summed E-state index contributed by atoms with van der Waals surface area (Å²) in [5.41, 5.74) is 5.52. The van der Waals surface area contributed by atoms with Crippen molar-refractivity contribution in [1.29, 1.82) is 0 Å². The Balaban J connectivity index is 1.81. The summed E-state index contributed by atoms with van der Waals surface area (Å²) in [7, 11) is 3.22. The molecule has 6 nitrogen and oxygen atoms in total. The average Bonchev–Trinajstić information content (AvgIpc) is 3.10. The Labute approximate surface area is 168 Å². The minimum absolute atomic E-state index is 0.0733. The van der Waals surface area contributed by atoms with Gasteiger partial charge in [0.2, 0.25) is 0 Å². The van der Waals surface area contributed by atoms with Gasteiger partial charge in [-0.25, -0.2) is 14.2 Å². The van der Waals surface area contributed by atoms with E-state index in [2.05, 4.69) is 21.4 Å². The summed E-state index contributed by atoms with van der Waals surface area (Å²) in [4.78, 5) is 21.5. The molecule has 0 aliphatic carbocycles. The van der Waals surface area contributed by atoms with Crippen molar-refractivity contribution in [3.63, 3.8) is 0 Å². The third-order valence-electron chi connectivity index (χ3n) is 5.43. The molecule has 0 unspecified atom stereocenters. The molecule has 0 saturated heterocycles. The van der Waals surface area contributed by atoms with Crippen LogP contribution in [0.3, 0.4) is 0 Å². The second kappa shape index (κ2) is 7.58.